The van der Waals surface area contributed by atoms with E-state index in [9.17, 15) is 0 Å². The number of thiazole rings is 1. The van der Waals surface area contributed by atoms with Crippen molar-refractivity contribution in [3.8, 4) is 0 Å². The van der Waals surface area contributed by atoms with E-state index in [1.165, 1.54) is 28.5 Å². The molecule has 0 aliphatic rings. The Bertz CT molecular complexity index is 401. The summed E-state index contributed by atoms with van der Waals surface area (Å²) in [6.07, 6.45) is 3.50. The highest BCUT2D eigenvalue weighted by molar-refractivity contribution is 7.15. The molecule has 1 heterocycles. The average molecular weight is 312 g/mol. The van der Waals surface area contributed by atoms with Crippen LogP contribution in [0.4, 0.5) is 5.13 Å². The number of anilines is 1. The Kier molecular flexibility index (Phi) is 8.27. The van der Waals surface area contributed by atoms with Crippen LogP contribution in [-0.2, 0) is 6.54 Å². The van der Waals surface area contributed by atoms with Crippen LogP contribution in [0.25, 0.3) is 0 Å². The minimum Gasteiger partial charge on any atom is -0.346 e. The van der Waals surface area contributed by atoms with Gasteiger partial charge in [-0.1, -0.05) is 27.7 Å². The molecule has 4 heteroatoms. The third-order valence-corrected chi connectivity index (χ3v) is 4.95. The normalized spacial score (nSPS) is 12.9. The highest BCUT2D eigenvalue weighted by atomic mass is 32.1. The van der Waals surface area contributed by atoms with Crippen LogP contribution >= 0.6 is 11.3 Å². The van der Waals surface area contributed by atoms with Gasteiger partial charge < -0.3 is 10.2 Å². The molecule has 1 N–H and O–H groups in total. The maximum absolute atomic E-state index is 5.00. The Morgan fingerprint density at radius 3 is 2.38 bits per heavy atom. The Labute approximate surface area is 135 Å². The van der Waals surface area contributed by atoms with E-state index in [1.54, 1.807) is 0 Å². The first-order valence-corrected chi connectivity index (χ1v) is 9.33. The van der Waals surface area contributed by atoms with Gasteiger partial charge in [-0.05, 0) is 45.6 Å². The second kappa shape index (κ2) is 9.42. The van der Waals surface area contributed by atoms with Crippen LogP contribution in [0.5, 0.6) is 0 Å². The summed E-state index contributed by atoms with van der Waals surface area (Å²) in [7, 11) is 0. The Morgan fingerprint density at radius 1 is 1.14 bits per heavy atom. The molecule has 0 saturated heterocycles. The molecule has 0 fully saturated rings. The molecule has 0 bridgehead atoms. The van der Waals surface area contributed by atoms with Crippen LogP contribution < -0.4 is 10.2 Å². The quantitative estimate of drug-likeness (QED) is 0.630. The lowest BCUT2D eigenvalue weighted by atomic mass is 10.0. The molecule has 0 aromatic carbocycles. The SMILES string of the molecule is CCCNCc1sc(N(CCC)C(C)C)nc1C(C)CC. The van der Waals surface area contributed by atoms with Gasteiger partial charge >= 0.3 is 0 Å². The zero-order valence-electron chi connectivity index (χ0n) is 14.7. The first-order valence-electron chi connectivity index (χ1n) is 8.51. The first kappa shape index (κ1) is 18.4. The van der Waals surface area contributed by atoms with Crippen molar-refractivity contribution < 1.29 is 0 Å². The van der Waals surface area contributed by atoms with Crippen LogP contribution in [0.2, 0.25) is 0 Å². The summed E-state index contributed by atoms with van der Waals surface area (Å²) < 4.78 is 0. The molecule has 122 valence electrons. The number of hydrogen-bond acceptors (Lipinski definition) is 4. The maximum Gasteiger partial charge on any atom is 0.186 e. The fourth-order valence-corrected chi connectivity index (χ4v) is 3.68. The summed E-state index contributed by atoms with van der Waals surface area (Å²) in [5, 5.41) is 4.74. The summed E-state index contributed by atoms with van der Waals surface area (Å²) in [4.78, 5) is 8.87. The summed E-state index contributed by atoms with van der Waals surface area (Å²) in [5.74, 6) is 0.545. The van der Waals surface area contributed by atoms with Gasteiger partial charge in [0.25, 0.3) is 0 Å². The second-order valence-corrected chi connectivity index (χ2v) is 7.14. The van der Waals surface area contributed by atoms with Gasteiger partial charge in [-0.15, -0.1) is 11.3 Å². The minimum absolute atomic E-state index is 0.511. The fourth-order valence-electron chi connectivity index (χ4n) is 2.37. The van der Waals surface area contributed by atoms with E-state index in [0.29, 0.717) is 12.0 Å². The number of aromatic nitrogens is 1. The molecule has 21 heavy (non-hydrogen) atoms. The zero-order chi connectivity index (χ0) is 15.8. The molecule has 1 atom stereocenters. The van der Waals surface area contributed by atoms with Crippen LogP contribution in [0.1, 0.15) is 77.3 Å². The molecule has 0 aliphatic carbocycles. The lowest BCUT2D eigenvalue weighted by Gasteiger charge is -2.25. The van der Waals surface area contributed by atoms with E-state index < -0.39 is 0 Å². The highest BCUT2D eigenvalue weighted by Gasteiger charge is 2.20. The number of rotatable bonds is 10. The zero-order valence-corrected chi connectivity index (χ0v) is 15.5. The van der Waals surface area contributed by atoms with Gasteiger partial charge in [0.05, 0.1) is 5.69 Å². The smallest absolute Gasteiger partial charge is 0.186 e. The highest BCUT2D eigenvalue weighted by Crippen LogP contribution is 2.33. The van der Waals surface area contributed by atoms with Crippen molar-refractivity contribution in [3.05, 3.63) is 10.6 Å². The van der Waals surface area contributed by atoms with Crippen molar-refractivity contribution in [2.75, 3.05) is 18.0 Å². The lowest BCUT2D eigenvalue weighted by molar-refractivity contribution is 0.647. The molecule has 0 radical (unpaired) electrons. The molecule has 3 nitrogen and oxygen atoms in total. The average Bonchev–Trinajstić information content (AvgIpc) is 2.87. The van der Waals surface area contributed by atoms with E-state index >= 15 is 0 Å². The van der Waals surface area contributed by atoms with E-state index in [0.717, 1.165) is 26.1 Å². The Hall–Kier alpha value is -0.610. The van der Waals surface area contributed by atoms with Crippen LogP contribution in [-0.4, -0.2) is 24.1 Å². The number of nitrogens with zero attached hydrogens (tertiary/aromatic N) is 2. The van der Waals surface area contributed by atoms with Crippen molar-refractivity contribution in [2.45, 2.75) is 79.3 Å². The van der Waals surface area contributed by atoms with Gasteiger partial charge in [-0.2, -0.15) is 0 Å². The monoisotopic (exact) mass is 311 g/mol. The maximum atomic E-state index is 5.00. The van der Waals surface area contributed by atoms with Gasteiger partial charge in [-0.3, -0.25) is 0 Å². The van der Waals surface area contributed by atoms with E-state index in [4.69, 9.17) is 4.98 Å². The summed E-state index contributed by atoms with van der Waals surface area (Å²) >= 11 is 1.88. The molecular formula is C17H33N3S. The molecular weight excluding hydrogens is 278 g/mol. The van der Waals surface area contributed by atoms with Gasteiger partial charge in [0, 0.05) is 24.0 Å². The van der Waals surface area contributed by atoms with Crippen molar-refractivity contribution in [1.82, 2.24) is 10.3 Å². The predicted molar refractivity (Wildman–Crippen MR) is 95.6 cm³/mol. The number of nitrogens with one attached hydrogen (secondary N) is 1. The van der Waals surface area contributed by atoms with Crippen LogP contribution in [0, 0.1) is 0 Å². The molecule has 1 unspecified atom stereocenters. The number of hydrogen-bond donors (Lipinski definition) is 1. The standard InChI is InChI=1S/C17H33N3S/c1-7-10-18-12-15-16(14(6)9-3)19-17(21-15)20(11-8-2)13(4)5/h13-14,18H,7-12H2,1-6H3. The fraction of sp³-hybridized carbons (Fsp3) is 0.824. The molecule has 1 rings (SSSR count). The summed E-state index contributed by atoms with van der Waals surface area (Å²) in [6.45, 7) is 16.6. The molecule has 0 aliphatic heterocycles. The van der Waals surface area contributed by atoms with E-state index in [2.05, 4.69) is 51.8 Å². The molecule has 0 amide bonds. The van der Waals surface area contributed by atoms with Crippen molar-refractivity contribution in [3.63, 3.8) is 0 Å². The lowest BCUT2D eigenvalue weighted by Crippen LogP contribution is -2.31. The largest absolute Gasteiger partial charge is 0.346 e. The molecule has 0 saturated carbocycles. The Balaban J connectivity index is 2.99. The van der Waals surface area contributed by atoms with Gasteiger partial charge in [0.15, 0.2) is 5.13 Å². The Morgan fingerprint density at radius 2 is 1.86 bits per heavy atom. The van der Waals surface area contributed by atoms with Crippen molar-refractivity contribution in [2.24, 2.45) is 0 Å². The first-order chi connectivity index (χ1) is 10.0. The summed E-state index contributed by atoms with van der Waals surface area (Å²) in [5.41, 5.74) is 1.31. The third kappa shape index (κ3) is 5.26. The van der Waals surface area contributed by atoms with Gasteiger partial charge in [-0.25, -0.2) is 4.98 Å². The van der Waals surface area contributed by atoms with Gasteiger partial charge in [0.2, 0.25) is 0 Å². The van der Waals surface area contributed by atoms with E-state index in [-0.39, 0.29) is 0 Å². The van der Waals surface area contributed by atoms with Gasteiger partial charge in [0.1, 0.15) is 0 Å². The third-order valence-electron chi connectivity index (χ3n) is 3.84. The minimum atomic E-state index is 0.511. The predicted octanol–water partition coefficient (Wildman–Crippen LogP) is 4.78. The van der Waals surface area contributed by atoms with Crippen molar-refractivity contribution in [1.29, 1.82) is 0 Å². The summed E-state index contributed by atoms with van der Waals surface area (Å²) in [6, 6.07) is 0.511. The van der Waals surface area contributed by atoms with Crippen LogP contribution in [0.3, 0.4) is 0 Å². The van der Waals surface area contributed by atoms with Crippen molar-refractivity contribution >= 4 is 16.5 Å². The molecule has 0 spiro atoms. The van der Waals surface area contributed by atoms with Crippen LogP contribution in [0.15, 0.2) is 0 Å². The molecule has 1 aromatic rings. The van der Waals surface area contributed by atoms with E-state index in [1.807, 2.05) is 11.3 Å². The second-order valence-electron chi connectivity index (χ2n) is 6.08. The molecule has 1 aromatic heterocycles. The topological polar surface area (TPSA) is 28.2 Å².